The molecule has 3 rings (SSSR count). The molecule has 0 bridgehead atoms. The van der Waals surface area contributed by atoms with Crippen molar-refractivity contribution in [2.75, 3.05) is 6.61 Å². The van der Waals surface area contributed by atoms with Crippen LogP contribution in [0, 0.1) is 12.3 Å². The molecule has 6 nitrogen and oxygen atoms in total. The van der Waals surface area contributed by atoms with Gasteiger partial charge in [0.2, 0.25) is 11.8 Å². The fourth-order valence-corrected chi connectivity index (χ4v) is 3.12. The summed E-state index contributed by atoms with van der Waals surface area (Å²) in [7, 11) is 0. The molecule has 1 aliphatic rings. The minimum Gasteiger partial charge on any atom is -0.421 e. The summed E-state index contributed by atoms with van der Waals surface area (Å²) in [5, 5.41) is 20.4. The lowest BCUT2D eigenvalue weighted by molar-refractivity contribution is 0.0830. The van der Waals surface area contributed by atoms with Crippen LogP contribution < -0.4 is 5.32 Å². The summed E-state index contributed by atoms with van der Waals surface area (Å²) in [5.41, 5.74) is 1.02. The Balaban J connectivity index is 1.78. The number of hydrogen-bond donors (Lipinski definition) is 2. The van der Waals surface area contributed by atoms with Gasteiger partial charge in [-0.2, -0.15) is 0 Å². The number of amides is 1. The summed E-state index contributed by atoms with van der Waals surface area (Å²) < 4.78 is 5.40. The average Bonchev–Trinajstić information content (AvgIpc) is 3.15. The van der Waals surface area contributed by atoms with Crippen LogP contribution in [-0.2, 0) is 0 Å². The molecular weight excluding hydrogens is 294 g/mol. The monoisotopic (exact) mass is 315 g/mol. The van der Waals surface area contributed by atoms with Gasteiger partial charge in [0.15, 0.2) is 0 Å². The number of carbonyl (C=O) groups is 1. The van der Waals surface area contributed by atoms with Crippen LogP contribution in [0.5, 0.6) is 0 Å². The molecule has 0 radical (unpaired) electrons. The Kier molecular flexibility index (Phi) is 4.17. The molecule has 1 aliphatic carbocycles. The predicted molar refractivity (Wildman–Crippen MR) is 84.8 cm³/mol. The van der Waals surface area contributed by atoms with E-state index in [2.05, 4.69) is 15.5 Å². The van der Waals surface area contributed by atoms with Gasteiger partial charge in [0.05, 0.1) is 6.61 Å². The number of nitrogens with one attached hydrogen (secondary N) is 1. The van der Waals surface area contributed by atoms with Crippen molar-refractivity contribution < 1.29 is 14.3 Å². The maximum atomic E-state index is 12.5. The topological polar surface area (TPSA) is 88.2 Å². The number of hydrogen-bond acceptors (Lipinski definition) is 5. The molecule has 6 heteroatoms. The fourth-order valence-electron chi connectivity index (χ4n) is 3.12. The van der Waals surface area contributed by atoms with E-state index < -0.39 is 0 Å². The third-order valence-electron chi connectivity index (χ3n) is 4.65. The molecular formula is C17H21N3O3. The second kappa shape index (κ2) is 6.12. The Morgan fingerprint density at radius 1 is 1.48 bits per heavy atom. The van der Waals surface area contributed by atoms with Gasteiger partial charge in [0, 0.05) is 29.5 Å². The van der Waals surface area contributed by atoms with Crippen molar-refractivity contribution in [1.82, 2.24) is 15.5 Å². The number of nitrogens with zero attached hydrogens (tertiary/aromatic N) is 2. The minimum absolute atomic E-state index is 0.00527. The van der Waals surface area contributed by atoms with Gasteiger partial charge < -0.3 is 14.8 Å². The molecule has 122 valence electrons. The second-order valence-electron chi connectivity index (χ2n) is 6.44. The molecule has 2 aromatic rings. The van der Waals surface area contributed by atoms with E-state index in [0.717, 1.165) is 24.8 Å². The van der Waals surface area contributed by atoms with Crippen LogP contribution in [-0.4, -0.2) is 33.9 Å². The van der Waals surface area contributed by atoms with Gasteiger partial charge in [0.25, 0.3) is 5.91 Å². The highest BCUT2D eigenvalue weighted by Gasteiger charge is 2.39. The number of aromatic nitrogens is 2. The van der Waals surface area contributed by atoms with Crippen LogP contribution in [0.2, 0.25) is 0 Å². The number of aliphatic hydroxyl groups excluding tert-OH is 1. The van der Waals surface area contributed by atoms with Crippen LogP contribution in [0.25, 0.3) is 11.5 Å². The maximum Gasteiger partial charge on any atom is 0.251 e. The summed E-state index contributed by atoms with van der Waals surface area (Å²) >= 11 is 0. The van der Waals surface area contributed by atoms with E-state index in [0.29, 0.717) is 17.3 Å². The van der Waals surface area contributed by atoms with E-state index in [1.807, 2.05) is 13.0 Å². The standard InChI is InChI=1S/C17H21N3O3/c1-11-19-20-16(23-11)13-6-3-5-12(9-13)15(22)18-14-7-4-8-17(14,2)10-21/h3,5-6,9,14,21H,4,7-8,10H2,1-2H3,(H,18,22). The van der Waals surface area contributed by atoms with Gasteiger partial charge in [-0.25, -0.2) is 0 Å². The van der Waals surface area contributed by atoms with Crippen molar-refractivity contribution in [2.45, 2.75) is 39.2 Å². The summed E-state index contributed by atoms with van der Waals surface area (Å²) in [6.07, 6.45) is 2.84. The number of benzene rings is 1. The molecule has 1 aromatic heterocycles. The first-order valence-electron chi connectivity index (χ1n) is 7.84. The number of aryl methyl sites for hydroxylation is 1. The summed E-state index contributed by atoms with van der Waals surface area (Å²) in [5.74, 6) is 0.743. The van der Waals surface area contributed by atoms with Crippen molar-refractivity contribution in [3.63, 3.8) is 0 Å². The maximum absolute atomic E-state index is 12.5. The number of rotatable bonds is 4. The Labute approximate surface area is 134 Å². The smallest absolute Gasteiger partial charge is 0.251 e. The third kappa shape index (κ3) is 3.12. The molecule has 0 aliphatic heterocycles. The van der Waals surface area contributed by atoms with E-state index in [4.69, 9.17) is 4.42 Å². The molecule has 1 fully saturated rings. The normalized spacial score (nSPS) is 23.9. The van der Waals surface area contributed by atoms with Crippen molar-refractivity contribution >= 4 is 5.91 Å². The van der Waals surface area contributed by atoms with E-state index in [9.17, 15) is 9.90 Å². The largest absolute Gasteiger partial charge is 0.421 e. The molecule has 1 heterocycles. The summed E-state index contributed by atoms with van der Waals surface area (Å²) in [6, 6.07) is 7.12. The summed E-state index contributed by atoms with van der Waals surface area (Å²) in [6.45, 7) is 3.82. The van der Waals surface area contributed by atoms with Crippen LogP contribution >= 0.6 is 0 Å². The molecule has 0 saturated heterocycles. The summed E-state index contributed by atoms with van der Waals surface area (Å²) in [4.78, 5) is 12.5. The minimum atomic E-state index is -0.239. The zero-order valence-electron chi connectivity index (χ0n) is 13.4. The lowest BCUT2D eigenvalue weighted by Gasteiger charge is -2.30. The average molecular weight is 315 g/mol. The lowest BCUT2D eigenvalue weighted by atomic mass is 9.85. The van der Waals surface area contributed by atoms with Gasteiger partial charge in [-0.1, -0.05) is 19.4 Å². The zero-order chi connectivity index (χ0) is 16.4. The van der Waals surface area contributed by atoms with Crippen LogP contribution in [0.3, 0.4) is 0 Å². The molecule has 2 unspecified atom stereocenters. The molecule has 23 heavy (non-hydrogen) atoms. The van der Waals surface area contributed by atoms with Gasteiger partial charge in [0.1, 0.15) is 0 Å². The molecule has 2 N–H and O–H groups in total. The first-order valence-corrected chi connectivity index (χ1v) is 7.84. The van der Waals surface area contributed by atoms with Crippen LogP contribution in [0.4, 0.5) is 0 Å². The predicted octanol–water partition coefficient (Wildman–Crippen LogP) is 2.33. The highest BCUT2D eigenvalue weighted by atomic mass is 16.4. The molecule has 1 amide bonds. The molecule has 0 spiro atoms. The fraction of sp³-hybridized carbons (Fsp3) is 0.471. The van der Waals surface area contributed by atoms with Crippen molar-refractivity contribution in [3.05, 3.63) is 35.7 Å². The first kappa shape index (κ1) is 15.7. The van der Waals surface area contributed by atoms with E-state index in [1.54, 1.807) is 25.1 Å². The lowest BCUT2D eigenvalue weighted by Crippen LogP contribution is -2.44. The van der Waals surface area contributed by atoms with E-state index >= 15 is 0 Å². The first-order chi connectivity index (χ1) is 11.0. The molecule has 1 aromatic carbocycles. The van der Waals surface area contributed by atoms with Crippen molar-refractivity contribution in [2.24, 2.45) is 5.41 Å². The highest BCUT2D eigenvalue weighted by Crippen LogP contribution is 2.37. The Bertz CT molecular complexity index is 713. The van der Waals surface area contributed by atoms with Crippen molar-refractivity contribution in [3.8, 4) is 11.5 Å². The third-order valence-corrected chi connectivity index (χ3v) is 4.65. The van der Waals surface area contributed by atoms with Crippen LogP contribution in [0.15, 0.2) is 28.7 Å². The molecule has 2 atom stereocenters. The Morgan fingerprint density at radius 2 is 2.30 bits per heavy atom. The van der Waals surface area contributed by atoms with Gasteiger partial charge in [-0.3, -0.25) is 4.79 Å². The Hall–Kier alpha value is -2.21. The van der Waals surface area contributed by atoms with Gasteiger partial charge in [-0.05, 0) is 31.0 Å². The quantitative estimate of drug-likeness (QED) is 0.904. The highest BCUT2D eigenvalue weighted by molar-refractivity contribution is 5.95. The SMILES string of the molecule is Cc1nnc(-c2cccc(C(=O)NC3CCCC3(C)CO)c2)o1. The Morgan fingerprint density at radius 3 is 3.00 bits per heavy atom. The van der Waals surface area contributed by atoms with E-state index in [1.165, 1.54) is 0 Å². The second-order valence-corrected chi connectivity index (χ2v) is 6.44. The molecule has 1 saturated carbocycles. The van der Waals surface area contributed by atoms with Crippen LogP contribution in [0.1, 0.15) is 42.4 Å². The number of carbonyl (C=O) groups excluding carboxylic acids is 1. The van der Waals surface area contributed by atoms with E-state index in [-0.39, 0.29) is 24.0 Å². The van der Waals surface area contributed by atoms with Gasteiger partial charge >= 0.3 is 0 Å². The zero-order valence-corrected chi connectivity index (χ0v) is 13.4. The van der Waals surface area contributed by atoms with Gasteiger partial charge in [-0.15, -0.1) is 10.2 Å². The number of aliphatic hydroxyl groups is 1. The van der Waals surface area contributed by atoms with Crippen molar-refractivity contribution in [1.29, 1.82) is 0 Å².